The van der Waals surface area contributed by atoms with Gasteiger partial charge in [-0.05, 0) is 7.05 Å². The van der Waals surface area contributed by atoms with Crippen molar-refractivity contribution in [3.8, 4) is 0 Å². The van der Waals surface area contributed by atoms with E-state index < -0.39 is 0 Å². The summed E-state index contributed by atoms with van der Waals surface area (Å²) in [6, 6.07) is 0. The number of hydrogen-bond acceptors (Lipinski definition) is 2. The van der Waals surface area contributed by atoms with Crippen molar-refractivity contribution in [1.82, 2.24) is 4.90 Å². The Hall–Kier alpha value is 0.210. The fourth-order valence-electron chi connectivity index (χ4n) is 0.919. The standard InChI is InChI=1S/C6H9Cl2NO/c1-9-3-4(7)5(10)2-6(9)8/h4,6H,2-3H2,1H3. The summed E-state index contributed by atoms with van der Waals surface area (Å²) in [5, 5.41) is -0.361. The van der Waals surface area contributed by atoms with Crippen molar-refractivity contribution in [3.63, 3.8) is 0 Å². The summed E-state index contributed by atoms with van der Waals surface area (Å²) in [4.78, 5) is 12.8. The Morgan fingerprint density at radius 3 is 2.70 bits per heavy atom. The molecule has 0 N–H and O–H groups in total. The van der Waals surface area contributed by atoms with Crippen LogP contribution < -0.4 is 0 Å². The van der Waals surface area contributed by atoms with Crippen molar-refractivity contribution in [2.45, 2.75) is 17.3 Å². The van der Waals surface area contributed by atoms with Gasteiger partial charge in [-0.1, -0.05) is 0 Å². The summed E-state index contributed by atoms with van der Waals surface area (Å²) in [5.41, 5.74) is -0.164. The molecule has 0 bridgehead atoms. The molecule has 2 unspecified atom stereocenters. The van der Waals surface area contributed by atoms with Gasteiger partial charge < -0.3 is 0 Å². The fourth-order valence-corrected chi connectivity index (χ4v) is 1.46. The molecule has 1 saturated heterocycles. The van der Waals surface area contributed by atoms with Crippen molar-refractivity contribution < 1.29 is 4.79 Å². The second-order valence-corrected chi connectivity index (χ2v) is 3.54. The lowest BCUT2D eigenvalue weighted by molar-refractivity contribution is -0.121. The van der Waals surface area contributed by atoms with Crippen molar-refractivity contribution >= 4 is 29.0 Å². The number of Topliss-reactive ketones (excluding diaryl/α,β-unsaturated/α-hetero) is 1. The predicted octanol–water partition coefficient (Wildman–Crippen LogP) is 1.06. The predicted molar refractivity (Wildman–Crippen MR) is 41.5 cm³/mol. The Morgan fingerprint density at radius 2 is 2.20 bits per heavy atom. The van der Waals surface area contributed by atoms with E-state index in [0.717, 1.165) is 0 Å². The van der Waals surface area contributed by atoms with Crippen molar-refractivity contribution in [2.24, 2.45) is 0 Å². The van der Waals surface area contributed by atoms with Gasteiger partial charge in [-0.25, -0.2) is 0 Å². The smallest absolute Gasteiger partial charge is 0.154 e. The molecule has 2 nitrogen and oxygen atoms in total. The number of likely N-dealkylation sites (tertiary alicyclic amines) is 1. The number of ketones is 1. The first kappa shape index (κ1) is 8.31. The van der Waals surface area contributed by atoms with Gasteiger partial charge in [-0.2, -0.15) is 0 Å². The molecule has 58 valence electrons. The first-order chi connectivity index (χ1) is 4.61. The number of carbonyl (C=O) groups excluding carboxylic acids is 1. The molecular formula is C6H9Cl2NO. The first-order valence-corrected chi connectivity index (χ1v) is 3.99. The molecule has 2 atom stereocenters. The van der Waals surface area contributed by atoms with Crippen LogP contribution in [0.25, 0.3) is 0 Å². The number of alkyl halides is 2. The second kappa shape index (κ2) is 3.07. The Kier molecular flexibility index (Phi) is 2.55. The SMILES string of the molecule is CN1CC(Cl)C(=O)CC1Cl. The molecule has 0 aromatic carbocycles. The fraction of sp³-hybridized carbons (Fsp3) is 0.833. The summed E-state index contributed by atoms with van der Waals surface area (Å²) in [5.74, 6) is 0.0553. The lowest BCUT2D eigenvalue weighted by atomic mass is 10.1. The van der Waals surface area contributed by atoms with Crippen LogP contribution in [0.5, 0.6) is 0 Å². The summed E-state index contributed by atoms with van der Waals surface area (Å²) in [7, 11) is 1.86. The third-order valence-corrected chi connectivity index (χ3v) is 2.51. The van der Waals surface area contributed by atoms with Gasteiger partial charge >= 0.3 is 0 Å². The molecule has 1 fully saturated rings. The minimum absolute atomic E-state index is 0.0553. The van der Waals surface area contributed by atoms with E-state index in [1.807, 2.05) is 11.9 Å². The van der Waals surface area contributed by atoms with Crippen molar-refractivity contribution in [2.75, 3.05) is 13.6 Å². The molecular weight excluding hydrogens is 173 g/mol. The van der Waals surface area contributed by atoms with E-state index in [1.54, 1.807) is 0 Å². The zero-order valence-corrected chi connectivity index (χ0v) is 7.19. The molecule has 0 aromatic rings. The number of rotatable bonds is 0. The van der Waals surface area contributed by atoms with Gasteiger partial charge in [0.1, 0.15) is 5.38 Å². The minimum Gasteiger partial charge on any atom is -0.298 e. The maximum atomic E-state index is 10.9. The maximum absolute atomic E-state index is 10.9. The van der Waals surface area contributed by atoms with Crippen LogP contribution in [0.2, 0.25) is 0 Å². The minimum atomic E-state index is -0.361. The van der Waals surface area contributed by atoms with Gasteiger partial charge in [-0.15, -0.1) is 23.2 Å². The highest BCUT2D eigenvalue weighted by atomic mass is 35.5. The topological polar surface area (TPSA) is 20.3 Å². The zero-order chi connectivity index (χ0) is 7.72. The molecule has 10 heavy (non-hydrogen) atoms. The molecule has 1 heterocycles. The van der Waals surface area contributed by atoms with Crippen LogP contribution >= 0.6 is 23.2 Å². The highest BCUT2D eigenvalue weighted by molar-refractivity contribution is 6.33. The third kappa shape index (κ3) is 1.62. The van der Waals surface area contributed by atoms with Crippen LogP contribution in [-0.2, 0) is 4.79 Å². The van der Waals surface area contributed by atoms with Crippen LogP contribution in [-0.4, -0.2) is 35.2 Å². The number of nitrogens with zero attached hydrogens (tertiary/aromatic N) is 1. The average Bonchev–Trinajstić information content (AvgIpc) is 1.84. The van der Waals surface area contributed by atoms with Gasteiger partial charge in [0.15, 0.2) is 5.78 Å². The second-order valence-electron chi connectivity index (χ2n) is 2.51. The Bertz CT molecular complexity index is 151. The number of piperidine rings is 1. The third-order valence-electron chi connectivity index (χ3n) is 1.65. The molecule has 0 aliphatic carbocycles. The van der Waals surface area contributed by atoms with Crippen LogP contribution in [0.15, 0.2) is 0 Å². The van der Waals surface area contributed by atoms with Crippen molar-refractivity contribution in [3.05, 3.63) is 0 Å². The molecule has 0 radical (unpaired) electrons. The molecule has 1 aliphatic rings. The molecule has 1 rings (SSSR count). The molecule has 0 amide bonds. The van der Waals surface area contributed by atoms with Gasteiger partial charge in [-0.3, -0.25) is 9.69 Å². The van der Waals surface area contributed by atoms with Gasteiger partial charge in [0.2, 0.25) is 0 Å². The summed E-state index contributed by atoms with van der Waals surface area (Å²) in [6.07, 6.45) is 0.367. The van der Waals surface area contributed by atoms with E-state index in [0.29, 0.717) is 13.0 Å². The number of carbonyl (C=O) groups is 1. The van der Waals surface area contributed by atoms with E-state index in [9.17, 15) is 4.79 Å². The van der Waals surface area contributed by atoms with E-state index in [2.05, 4.69) is 0 Å². The Morgan fingerprint density at radius 1 is 1.60 bits per heavy atom. The van der Waals surface area contributed by atoms with Gasteiger partial charge in [0.05, 0.1) is 5.50 Å². The first-order valence-electron chi connectivity index (χ1n) is 3.12. The number of hydrogen-bond donors (Lipinski definition) is 0. The molecule has 0 saturated carbocycles. The maximum Gasteiger partial charge on any atom is 0.154 e. The average molecular weight is 182 g/mol. The summed E-state index contributed by atoms with van der Waals surface area (Å²) >= 11 is 11.5. The highest BCUT2D eigenvalue weighted by Crippen LogP contribution is 2.18. The molecule has 4 heteroatoms. The van der Waals surface area contributed by atoms with Crippen molar-refractivity contribution in [1.29, 1.82) is 0 Å². The molecule has 0 spiro atoms. The summed E-state index contributed by atoms with van der Waals surface area (Å²) < 4.78 is 0. The number of halogens is 2. The van der Waals surface area contributed by atoms with Crippen LogP contribution in [0.1, 0.15) is 6.42 Å². The lowest BCUT2D eigenvalue weighted by Crippen LogP contribution is -2.43. The van der Waals surface area contributed by atoms with Gasteiger partial charge in [0, 0.05) is 13.0 Å². The largest absolute Gasteiger partial charge is 0.298 e. The molecule has 1 aliphatic heterocycles. The lowest BCUT2D eigenvalue weighted by Gasteiger charge is -2.29. The van der Waals surface area contributed by atoms with Gasteiger partial charge in [0.25, 0.3) is 0 Å². The normalized spacial score (nSPS) is 36.5. The van der Waals surface area contributed by atoms with Crippen LogP contribution in [0, 0.1) is 0 Å². The Labute approximate surface area is 70.1 Å². The zero-order valence-electron chi connectivity index (χ0n) is 5.68. The van der Waals surface area contributed by atoms with E-state index in [-0.39, 0.29) is 16.7 Å². The highest BCUT2D eigenvalue weighted by Gasteiger charge is 2.29. The summed E-state index contributed by atoms with van der Waals surface area (Å²) in [6.45, 7) is 0.564. The van der Waals surface area contributed by atoms with E-state index >= 15 is 0 Å². The van der Waals surface area contributed by atoms with Crippen LogP contribution in [0.4, 0.5) is 0 Å². The van der Waals surface area contributed by atoms with Crippen LogP contribution in [0.3, 0.4) is 0 Å². The van der Waals surface area contributed by atoms with E-state index in [4.69, 9.17) is 23.2 Å². The Balaban J connectivity index is 2.54. The quantitative estimate of drug-likeness (QED) is 0.412. The van der Waals surface area contributed by atoms with E-state index in [1.165, 1.54) is 0 Å². The molecule has 0 aromatic heterocycles. The monoisotopic (exact) mass is 181 g/mol.